The molecule has 0 saturated carbocycles. The van der Waals surface area contributed by atoms with Gasteiger partial charge >= 0.3 is 0 Å². The molecule has 0 unspecified atom stereocenters. The summed E-state index contributed by atoms with van der Waals surface area (Å²) in [5.74, 6) is 1.77. The van der Waals surface area contributed by atoms with Gasteiger partial charge in [-0.25, -0.2) is 0 Å². The lowest BCUT2D eigenvalue weighted by atomic mass is 10.2. The smallest absolute Gasteiger partial charge is 0.171 e. The van der Waals surface area contributed by atoms with Crippen molar-refractivity contribution in [1.29, 1.82) is 0 Å². The van der Waals surface area contributed by atoms with Crippen LogP contribution in [0, 0.1) is 0 Å². The number of benzene rings is 2. The van der Waals surface area contributed by atoms with Crippen LogP contribution >= 0.6 is 0 Å². The SMILES string of the molecule is COc1cccc(C=O)c1OCCOc1ccccc1. The molecule has 4 heteroatoms. The Morgan fingerprint density at radius 3 is 2.40 bits per heavy atom. The fraction of sp³-hybridized carbons (Fsp3) is 0.188. The highest BCUT2D eigenvalue weighted by atomic mass is 16.5. The summed E-state index contributed by atoms with van der Waals surface area (Å²) in [6.07, 6.45) is 0.746. The normalized spacial score (nSPS) is 9.85. The number of hydrogen-bond donors (Lipinski definition) is 0. The third-order valence-corrected chi connectivity index (χ3v) is 2.70. The standard InChI is InChI=1S/C16H16O4/c1-18-15-9-5-6-13(12-17)16(15)20-11-10-19-14-7-3-2-4-8-14/h2-9,12H,10-11H2,1H3. The van der Waals surface area contributed by atoms with Crippen molar-refractivity contribution in [1.82, 2.24) is 0 Å². The van der Waals surface area contributed by atoms with E-state index in [0.717, 1.165) is 12.0 Å². The number of rotatable bonds is 7. The average Bonchev–Trinajstić information content (AvgIpc) is 2.52. The van der Waals surface area contributed by atoms with Crippen LogP contribution in [-0.4, -0.2) is 26.6 Å². The van der Waals surface area contributed by atoms with Gasteiger partial charge in [-0.05, 0) is 24.3 Å². The molecule has 0 heterocycles. The minimum Gasteiger partial charge on any atom is -0.493 e. The van der Waals surface area contributed by atoms with E-state index in [1.165, 1.54) is 7.11 Å². The van der Waals surface area contributed by atoms with Gasteiger partial charge in [0.1, 0.15) is 19.0 Å². The maximum absolute atomic E-state index is 11.0. The van der Waals surface area contributed by atoms with E-state index in [4.69, 9.17) is 14.2 Å². The molecule has 0 amide bonds. The second-order valence-corrected chi connectivity index (χ2v) is 4.01. The molecule has 0 bridgehead atoms. The molecular formula is C16H16O4. The van der Waals surface area contributed by atoms with E-state index in [9.17, 15) is 4.79 Å². The molecule has 0 aliphatic heterocycles. The van der Waals surface area contributed by atoms with E-state index in [1.807, 2.05) is 30.3 Å². The molecular weight excluding hydrogens is 256 g/mol. The van der Waals surface area contributed by atoms with Crippen LogP contribution in [0.4, 0.5) is 0 Å². The Morgan fingerprint density at radius 1 is 0.950 bits per heavy atom. The summed E-state index contributed by atoms with van der Waals surface area (Å²) >= 11 is 0. The third-order valence-electron chi connectivity index (χ3n) is 2.70. The van der Waals surface area contributed by atoms with Crippen LogP contribution in [0.25, 0.3) is 0 Å². The van der Waals surface area contributed by atoms with Crippen LogP contribution in [0.15, 0.2) is 48.5 Å². The van der Waals surface area contributed by atoms with E-state index >= 15 is 0 Å². The fourth-order valence-corrected chi connectivity index (χ4v) is 1.76. The maximum atomic E-state index is 11.0. The van der Waals surface area contributed by atoms with Crippen LogP contribution in [0.2, 0.25) is 0 Å². The quantitative estimate of drug-likeness (QED) is 0.574. The number of carbonyl (C=O) groups is 1. The molecule has 2 rings (SSSR count). The van der Waals surface area contributed by atoms with E-state index in [-0.39, 0.29) is 0 Å². The molecule has 0 radical (unpaired) electrons. The highest BCUT2D eigenvalue weighted by molar-refractivity contribution is 5.81. The summed E-state index contributed by atoms with van der Waals surface area (Å²) in [5.41, 5.74) is 0.462. The topological polar surface area (TPSA) is 44.8 Å². The summed E-state index contributed by atoms with van der Waals surface area (Å²) in [5, 5.41) is 0. The lowest BCUT2D eigenvalue weighted by Gasteiger charge is -2.13. The number of ether oxygens (including phenoxy) is 3. The van der Waals surface area contributed by atoms with Crippen molar-refractivity contribution in [3.05, 3.63) is 54.1 Å². The van der Waals surface area contributed by atoms with Crippen LogP contribution in [0.1, 0.15) is 10.4 Å². The first kappa shape index (κ1) is 13.9. The van der Waals surface area contributed by atoms with Gasteiger partial charge in [-0.2, -0.15) is 0 Å². The zero-order valence-corrected chi connectivity index (χ0v) is 11.2. The molecule has 0 N–H and O–H groups in total. The summed E-state index contributed by atoms with van der Waals surface area (Å²) < 4.78 is 16.3. The largest absolute Gasteiger partial charge is 0.493 e. The van der Waals surface area contributed by atoms with E-state index < -0.39 is 0 Å². The molecule has 0 aliphatic carbocycles. The van der Waals surface area contributed by atoms with Crippen molar-refractivity contribution in [2.75, 3.05) is 20.3 Å². The van der Waals surface area contributed by atoms with Gasteiger partial charge in [-0.15, -0.1) is 0 Å². The highest BCUT2D eigenvalue weighted by Gasteiger charge is 2.09. The van der Waals surface area contributed by atoms with Crippen molar-refractivity contribution >= 4 is 6.29 Å². The van der Waals surface area contributed by atoms with Gasteiger partial charge < -0.3 is 14.2 Å². The van der Waals surface area contributed by atoms with Gasteiger partial charge in [0.05, 0.1) is 12.7 Å². The molecule has 0 fully saturated rings. The summed E-state index contributed by atoms with van der Waals surface area (Å²) in [7, 11) is 1.54. The average molecular weight is 272 g/mol. The summed E-state index contributed by atoms with van der Waals surface area (Å²) in [4.78, 5) is 11.0. The lowest BCUT2D eigenvalue weighted by Crippen LogP contribution is -2.10. The van der Waals surface area contributed by atoms with Gasteiger partial charge in [-0.3, -0.25) is 4.79 Å². The first-order valence-corrected chi connectivity index (χ1v) is 6.28. The van der Waals surface area contributed by atoms with Crippen molar-refractivity contribution in [3.63, 3.8) is 0 Å². The highest BCUT2D eigenvalue weighted by Crippen LogP contribution is 2.29. The van der Waals surface area contributed by atoms with Crippen LogP contribution in [0.5, 0.6) is 17.2 Å². The predicted molar refractivity (Wildman–Crippen MR) is 75.8 cm³/mol. The third kappa shape index (κ3) is 3.51. The van der Waals surface area contributed by atoms with E-state index in [2.05, 4.69) is 0 Å². The molecule has 0 saturated heterocycles. The Labute approximate surface area is 117 Å². The van der Waals surface area contributed by atoms with E-state index in [0.29, 0.717) is 30.3 Å². The fourth-order valence-electron chi connectivity index (χ4n) is 1.76. The van der Waals surface area contributed by atoms with E-state index in [1.54, 1.807) is 18.2 Å². The van der Waals surface area contributed by atoms with Gasteiger partial charge in [0.15, 0.2) is 17.8 Å². The van der Waals surface area contributed by atoms with Crippen LogP contribution < -0.4 is 14.2 Å². The van der Waals surface area contributed by atoms with Crippen molar-refractivity contribution < 1.29 is 19.0 Å². The van der Waals surface area contributed by atoms with Gasteiger partial charge in [0.25, 0.3) is 0 Å². The number of para-hydroxylation sites is 2. The Hall–Kier alpha value is -2.49. The summed E-state index contributed by atoms with van der Waals surface area (Å²) in [6, 6.07) is 14.7. The van der Waals surface area contributed by atoms with Crippen molar-refractivity contribution in [3.8, 4) is 17.2 Å². The number of carbonyl (C=O) groups excluding carboxylic acids is 1. The molecule has 0 spiro atoms. The predicted octanol–water partition coefficient (Wildman–Crippen LogP) is 2.97. The Balaban J connectivity index is 1.92. The monoisotopic (exact) mass is 272 g/mol. The molecule has 0 aliphatic rings. The van der Waals surface area contributed by atoms with Gasteiger partial charge in [-0.1, -0.05) is 24.3 Å². The first-order chi connectivity index (χ1) is 9.85. The van der Waals surface area contributed by atoms with Crippen LogP contribution in [0.3, 0.4) is 0 Å². The number of aldehydes is 1. The molecule has 0 aromatic heterocycles. The maximum Gasteiger partial charge on any atom is 0.171 e. The van der Waals surface area contributed by atoms with Crippen molar-refractivity contribution in [2.24, 2.45) is 0 Å². The van der Waals surface area contributed by atoms with Crippen LogP contribution in [-0.2, 0) is 0 Å². The first-order valence-electron chi connectivity index (χ1n) is 6.28. The zero-order valence-electron chi connectivity index (χ0n) is 11.2. The second-order valence-electron chi connectivity index (χ2n) is 4.01. The van der Waals surface area contributed by atoms with Gasteiger partial charge in [0, 0.05) is 0 Å². The Morgan fingerprint density at radius 2 is 1.70 bits per heavy atom. The Kier molecular flexibility index (Phi) is 5.00. The molecule has 4 nitrogen and oxygen atoms in total. The molecule has 20 heavy (non-hydrogen) atoms. The lowest BCUT2D eigenvalue weighted by molar-refractivity contribution is 0.111. The molecule has 0 atom stereocenters. The number of hydrogen-bond acceptors (Lipinski definition) is 4. The minimum atomic E-state index is 0.329. The van der Waals surface area contributed by atoms with Gasteiger partial charge in [0.2, 0.25) is 0 Å². The molecule has 2 aromatic rings. The second kappa shape index (κ2) is 7.19. The Bertz CT molecular complexity index is 552. The molecule has 2 aromatic carbocycles. The van der Waals surface area contributed by atoms with Crippen molar-refractivity contribution in [2.45, 2.75) is 0 Å². The zero-order chi connectivity index (χ0) is 14.2. The summed E-state index contributed by atoms with van der Waals surface area (Å²) in [6.45, 7) is 0.719. The minimum absolute atomic E-state index is 0.329. The molecule has 104 valence electrons. The number of methoxy groups -OCH3 is 1.